The number of hydrogen-bond donors (Lipinski definition) is 2. The van der Waals surface area contributed by atoms with Gasteiger partial charge in [0.25, 0.3) is 0 Å². The number of pyridine rings is 1. The number of aromatic nitrogens is 1. The Balaban J connectivity index is 2.46. The van der Waals surface area contributed by atoms with Gasteiger partial charge in [0.05, 0.1) is 13.7 Å². The van der Waals surface area contributed by atoms with Crippen molar-refractivity contribution in [1.29, 1.82) is 0 Å². The van der Waals surface area contributed by atoms with E-state index in [1.54, 1.807) is 18.3 Å². The Morgan fingerprint density at radius 1 is 1.71 bits per heavy atom. The number of nitrogens with zero attached hydrogens (tertiary/aromatic N) is 1. The molecular weight excluding hydrogens is 184 g/mol. The summed E-state index contributed by atoms with van der Waals surface area (Å²) < 4.78 is 4.93. The van der Waals surface area contributed by atoms with Crippen LogP contribution in [-0.4, -0.2) is 29.7 Å². The van der Waals surface area contributed by atoms with Crippen LogP contribution in [-0.2, 0) is 11.3 Å². The van der Waals surface area contributed by atoms with E-state index in [1.165, 1.54) is 7.11 Å². The summed E-state index contributed by atoms with van der Waals surface area (Å²) >= 11 is 0. The summed E-state index contributed by atoms with van der Waals surface area (Å²) in [5, 5.41) is 11.2. The number of aliphatic carboxylic acids is 1. The highest BCUT2D eigenvalue weighted by Crippen LogP contribution is 2.07. The molecule has 0 aliphatic rings. The fourth-order valence-electron chi connectivity index (χ4n) is 0.986. The maximum atomic E-state index is 10.2. The summed E-state index contributed by atoms with van der Waals surface area (Å²) in [5.74, 6) is -0.342. The smallest absolute Gasteiger partial charge is 0.317 e. The summed E-state index contributed by atoms with van der Waals surface area (Å²) in [7, 11) is 1.54. The number of nitrogens with one attached hydrogen (secondary N) is 1. The van der Waals surface area contributed by atoms with Crippen molar-refractivity contribution in [3.8, 4) is 5.88 Å². The molecule has 5 nitrogen and oxygen atoms in total. The maximum Gasteiger partial charge on any atom is 0.317 e. The lowest BCUT2D eigenvalue weighted by molar-refractivity contribution is -0.135. The van der Waals surface area contributed by atoms with Crippen LogP contribution in [0.4, 0.5) is 0 Å². The molecule has 1 aromatic heterocycles. The van der Waals surface area contributed by atoms with Crippen LogP contribution in [0.2, 0.25) is 0 Å². The van der Waals surface area contributed by atoms with Crippen LogP contribution in [0.1, 0.15) is 5.56 Å². The highest BCUT2D eigenvalue weighted by Gasteiger charge is 1.98. The van der Waals surface area contributed by atoms with Gasteiger partial charge in [0, 0.05) is 18.8 Å². The fourth-order valence-corrected chi connectivity index (χ4v) is 0.986. The number of rotatable bonds is 5. The van der Waals surface area contributed by atoms with Gasteiger partial charge in [0.2, 0.25) is 5.88 Å². The second-order valence-electron chi connectivity index (χ2n) is 2.70. The number of methoxy groups -OCH3 is 1. The minimum Gasteiger partial charge on any atom is -0.481 e. The minimum absolute atomic E-state index is 0.0510. The molecule has 0 aliphatic carbocycles. The molecule has 0 saturated heterocycles. The summed E-state index contributed by atoms with van der Waals surface area (Å²) in [4.78, 5) is 14.1. The zero-order valence-electron chi connectivity index (χ0n) is 7.86. The first-order chi connectivity index (χ1) is 6.72. The first-order valence-electron chi connectivity index (χ1n) is 4.14. The van der Waals surface area contributed by atoms with Crippen molar-refractivity contribution in [3.05, 3.63) is 23.9 Å². The second kappa shape index (κ2) is 5.18. The van der Waals surface area contributed by atoms with Crippen LogP contribution in [0.3, 0.4) is 0 Å². The van der Waals surface area contributed by atoms with Gasteiger partial charge in [-0.15, -0.1) is 0 Å². The topological polar surface area (TPSA) is 71.5 Å². The molecule has 0 fully saturated rings. The van der Waals surface area contributed by atoms with Crippen LogP contribution in [0.15, 0.2) is 18.3 Å². The van der Waals surface area contributed by atoms with Gasteiger partial charge in [0.1, 0.15) is 0 Å². The number of carboxylic acid groups (broad SMARTS) is 1. The minimum atomic E-state index is -0.869. The number of carbonyl (C=O) groups is 1. The molecule has 5 heteroatoms. The van der Waals surface area contributed by atoms with Crippen molar-refractivity contribution in [1.82, 2.24) is 10.3 Å². The van der Waals surface area contributed by atoms with Crippen LogP contribution < -0.4 is 10.1 Å². The first-order valence-corrected chi connectivity index (χ1v) is 4.14. The van der Waals surface area contributed by atoms with Crippen molar-refractivity contribution >= 4 is 5.97 Å². The molecule has 0 aromatic carbocycles. The lowest BCUT2D eigenvalue weighted by Crippen LogP contribution is -2.21. The van der Waals surface area contributed by atoms with Gasteiger partial charge in [-0.25, -0.2) is 4.98 Å². The van der Waals surface area contributed by atoms with Gasteiger partial charge in [-0.1, -0.05) is 0 Å². The highest BCUT2D eigenvalue weighted by atomic mass is 16.5. The second-order valence-corrected chi connectivity index (χ2v) is 2.70. The van der Waals surface area contributed by atoms with E-state index < -0.39 is 5.97 Å². The molecule has 0 atom stereocenters. The third-order valence-electron chi connectivity index (χ3n) is 1.61. The van der Waals surface area contributed by atoms with Crippen molar-refractivity contribution < 1.29 is 14.6 Å². The highest BCUT2D eigenvalue weighted by molar-refractivity contribution is 5.68. The van der Waals surface area contributed by atoms with E-state index in [0.717, 1.165) is 5.56 Å². The van der Waals surface area contributed by atoms with Gasteiger partial charge < -0.3 is 15.2 Å². The third kappa shape index (κ3) is 3.40. The predicted octanol–water partition coefficient (Wildman–Crippen LogP) is 0.264. The van der Waals surface area contributed by atoms with Crippen molar-refractivity contribution in [2.24, 2.45) is 0 Å². The zero-order chi connectivity index (χ0) is 10.4. The van der Waals surface area contributed by atoms with Crippen LogP contribution >= 0.6 is 0 Å². The summed E-state index contributed by atoms with van der Waals surface area (Å²) in [6.45, 7) is 0.440. The molecule has 0 spiro atoms. The Hall–Kier alpha value is -1.62. The van der Waals surface area contributed by atoms with Crippen LogP contribution in [0.5, 0.6) is 5.88 Å². The first kappa shape index (κ1) is 10.5. The van der Waals surface area contributed by atoms with E-state index in [0.29, 0.717) is 12.4 Å². The van der Waals surface area contributed by atoms with E-state index in [1.807, 2.05) is 0 Å². The standard InChI is InChI=1S/C9H12N2O3/c1-14-8-4-7(2-3-11-8)5-10-6-9(12)13/h2-4,10H,5-6H2,1H3,(H,12,13). The molecule has 0 bridgehead atoms. The molecule has 0 radical (unpaired) electrons. The fraction of sp³-hybridized carbons (Fsp3) is 0.333. The van der Waals surface area contributed by atoms with Gasteiger partial charge >= 0.3 is 5.97 Å². The lowest BCUT2D eigenvalue weighted by atomic mass is 10.2. The molecule has 0 amide bonds. The van der Waals surface area contributed by atoms with Crippen molar-refractivity contribution in [3.63, 3.8) is 0 Å². The molecule has 0 aliphatic heterocycles. The SMILES string of the molecule is COc1cc(CNCC(=O)O)ccn1. The Bertz CT molecular complexity index is 315. The molecule has 2 N–H and O–H groups in total. The monoisotopic (exact) mass is 196 g/mol. The molecule has 1 aromatic rings. The Morgan fingerprint density at radius 2 is 2.50 bits per heavy atom. The summed E-state index contributed by atoms with van der Waals surface area (Å²) in [6, 6.07) is 3.56. The average molecular weight is 196 g/mol. The van der Waals surface area contributed by atoms with Crippen molar-refractivity contribution in [2.75, 3.05) is 13.7 Å². The molecule has 76 valence electrons. The predicted molar refractivity (Wildman–Crippen MR) is 50.1 cm³/mol. The maximum absolute atomic E-state index is 10.2. The van der Waals surface area contributed by atoms with Crippen molar-refractivity contribution in [2.45, 2.75) is 6.54 Å². The Labute approximate surface area is 81.7 Å². The Morgan fingerprint density at radius 3 is 3.14 bits per heavy atom. The number of hydrogen-bond acceptors (Lipinski definition) is 4. The van der Waals surface area contributed by atoms with Gasteiger partial charge in [0.15, 0.2) is 0 Å². The van der Waals surface area contributed by atoms with E-state index in [4.69, 9.17) is 9.84 Å². The van der Waals surface area contributed by atoms with E-state index in [9.17, 15) is 4.79 Å². The third-order valence-corrected chi connectivity index (χ3v) is 1.61. The molecule has 14 heavy (non-hydrogen) atoms. The van der Waals surface area contributed by atoms with E-state index >= 15 is 0 Å². The van der Waals surface area contributed by atoms with Gasteiger partial charge in [-0.05, 0) is 11.6 Å². The zero-order valence-corrected chi connectivity index (χ0v) is 7.86. The van der Waals surface area contributed by atoms with Crippen LogP contribution in [0.25, 0.3) is 0 Å². The Kier molecular flexibility index (Phi) is 3.87. The van der Waals surface area contributed by atoms with E-state index in [2.05, 4.69) is 10.3 Å². The molecule has 1 heterocycles. The average Bonchev–Trinajstić information content (AvgIpc) is 2.18. The number of carboxylic acids is 1. The molecular formula is C9H12N2O3. The number of ether oxygens (including phenoxy) is 1. The lowest BCUT2D eigenvalue weighted by Gasteiger charge is -2.03. The van der Waals surface area contributed by atoms with Gasteiger partial charge in [-0.2, -0.15) is 0 Å². The normalized spacial score (nSPS) is 9.79. The largest absolute Gasteiger partial charge is 0.481 e. The molecule has 1 rings (SSSR count). The summed E-state index contributed by atoms with van der Waals surface area (Å²) in [6.07, 6.45) is 1.62. The van der Waals surface area contributed by atoms with Crippen LogP contribution in [0, 0.1) is 0 Å². The van der Waals surface area contributed by atoms with E-state index in [-0.39, 0.29) is 6.54 Å². The quantitative estimate of drug-likeness (QED) is 0.707. The molecule has 0 unspecified atom stereocenters. The summed E-state index contributed by atoms with van der Waals surface area (Å²) in [5.41, 5.74) is 0.943. The van der Waals surface area contributed by atoms with Gasteiger partial charge in [-0.3, -0.25) is 4.79 Å². The molecule has 0 saturated carbocycles.